The average molecular weight is 414 g/mol. The van der Waals surface area contributed by atoms with Gasteiger partial charge in [0.15, 0.2) is 0 Å². The molecule has 1 N–H and O–H groups in total. The van der Waals surface area contributed by atoms with E-state index in [0.29, 0.717) is 13.2 Å². The maximum atomic E-state index is 10.4. The number of para-hydroxylation sites is 1. The van der Waals surface area contributed by atoms with Crippen LogP contribution in [-0.2, 0) is 13.6 Å². The molecule has 0 bridgehead atoms. The van der Waals surface area contributed by atoms with E-state index in [-0.39, 0.29) is 0 Å². The highest BCUT2D eigenvalue weighted by molar-refractivity contribution is 7.33. The van der Waals surface area contributed by atoms with E-state index in [1.54, 1.807) is 13.8 Å². The molecule has 0 heterocycles. The molecule has 1 rings (SSSR count). The first-order chi connectivity index (χ1) is 13.7. The highest BCUT2D eigenvalue weighted by Gasteiger charge is 1.94. The van der Waals surface area contributed by atoms with Gasteiger partial charge in [0.25, 0.3) is 0 Å². The lowest BCUT2D eigenvalue weighted by Crippen LogP contribution is -2.00. The minimum Gasteiger partial charge on any atom is -0.385 e. The van der Waals surface area contributed by atoms with Crippen molar-refractivity contribution in [3.05, 3.63) is 30.3 Å². The van der Waals surface area contributed by atoms with Gasteiger partial charge in [-0.1, -0.05) is 89.3 Å². The standard InChI is InChI=1S/C19H33N.C4H11O3P/c1-2-3-4-5-6-7-8-9-10-11-15-18-20-19-16-13-12-14-17-19;1-3-6-8(5)7-4-2/h12-14,16-17,20H,2-11,15,18H2,1H3;8H,3-4H2,1-2H3. The van der Waals surface area contributed by atoms with Crippen LogP contribution in [-0.4, -0.2) is 19.8 Å². The number of benzene rings is 1. The second-order valence-electron chi connectivity index (χ2n) is 6.94. The summed E-state index contributed by atoms with van der Waals surface area (Å²) in [5.74, 6) is 0. The van der Waals surface area contributed by atoms with E-state index in [1.807, 2.05) is 0 Å². The third-order valence-corrected chi connectivity index (χ3v) is 5.46. The lowest BCUT2D eigenvalue weighted by atomic mass is 10.1. The Morgan fingerprint density at radius 1 is 0.714 bits per heavy atom. The Morgan fingerprint density at radius 2 is 1.18 bits per heavy atom. The Labute approximate surface area is 174 Å². The van der Waals surface area contributed by atoms with Crippen LogP contribution in [0, 0.1) is 0 Å². The molecule has 0 aromatic heterocycles. The molecule has 164 valence electrons. The van der Waals surface area contributed by atoms with Gasteiger partial charge in [0, 0.05) is 12.2 Å². The van der Waals surface area contributed by atoms with E-state index in [0.717, 1.165) is 6.54 Å². The maximum absolute atomic E-state index is 10.4. The van der Waals surface area contributed by atoms with Crippen LogP contribution in [0.3, 0.4) is 0 Å². The van der Waals surface area contributed by atoms with E-state index < -0.39 is 8.25 Å². The predicted molar refractivity (Wildman–Crippen MR) is 124 cm³/mol. The first-order valence-electron chi connectivity index (χ1n) is 11.3. The molecule has 1 aromatic carbocycles. The molecule has 0 aliphatic carbocycles. The molecule has 0 radical (unpaired) electrons. The van der Waals surface area contributed by atoms with Gasteiger partial charge in [-0.25, -0.2) is 0 Å². The highest BCUT2D eigenvalue weighted by atomic mass is 31.1. The van der Waals surface area contributed by atoms with Crippen molar-refractivity contribution in [2.24, 2.45) is 0 Å². The fraction of sp³-hybridized carbons (Fsp3) is 0.739. The van der Waals surface area contributed by atoms with Crippen LogP contribution in [0.25, 0.3) is 0 Å². The Bertz CT molecular complexity index is 435. The van der Waals surface area contributed by atoms with Crippen LogP contribution in [0.1, 0.15) is 91.4 Å². The van der Waals surface area contributed by atoms with Gasteiger partial charge in [-0.3, -0.25) is 4.57 Å². The lowest BCUT2D eigenvalue weighted by Gasteiger charge is -2.06. The number of hydrogen-bond donors (Lipinski definition) is 1. The number of hydrogen-bond acceptors (Lipinski definition) is 4. The van der Waals surface area contributed by atoms with Gasteiger partial charge in [0.1, 0.15) is 0 Å². The van der Waals surface area contributed by atoms with Crippen molar-refractivity contribution in [3.63, 3.8) is 0 Å². The summed E-state index contributed by atoms with van der Waals surface area (Å²) in [5, 5.41) is 3.48. The van der Waals surface area contributed by atoms with Crippen molar-refractivity contribution in [1.82, 2.24) is 0 Å². The molecule has 28 heavy (non-hydrogen) atoms. The zero-order valence-electron chi connectivity index (χ0n) is 18.5. The summed E-state index contributed by atoms with van der Waals surface area (Å²) in [7, 11) is -2.14. The fourth-order valence-electron chi connectivity index (χ4n) is 2.86. The smallest absolute Gasteiger partial charge is 0.319 e. The molecule has 0 saturated carbocycles. The van der Waals surface area contributed by atoms with Crippen LogP contribution in [0.4, 0.5) is 5.69 Å². The Balaban J connectivity index is 0.000000769. The molecule has 0 spiro atoms. The molecule has 0 saturated heterocycles. The molecular weight excluding hydrogens is 369 g/mol. The maximum Gasteiger partial charge on any atom is 0.319 e. The number of anilines is 1. The van der Waals surface area contributed by atoms with Crippen LogP contribution in [0.2, 0.25) is 0 Å². The van der Waals surface area contributed by atoms with Crippen molar-refractivity contribution in [1.29, 1.82) is 0 Å². The van der Waals surface area contributed by atoms with E-state index in [1.165, 1.54) is 76.3 Å². The summed E-state index contributed by atoms with van der Waals surface area (Å²) in [6, 6.07) is 10.5. The summed E-state index contributed by atoms with van der Waals surface area (Å²) in [6.07, 6.45) is 15.5. The van der Waals surface area contributed by atoms with E-state index in [2.05, 4.69) is 51.6 Å². The topological polar surface area (TPSA) is 47.6 Å². The summed E-state index contributed by atoms with van der Waals surface area (Å²) >= 11 is 0. The predicted octanol–water partition coefficient (Wildman–Crippen LogP) is 7.86. The molecular formula is C23H44NO3P. The van der Waals surface area contributed by atoms with Gasteiger partial charge in [0.2, 0.25) is 0 Å². The van der Waals surface area contributed by atoms with Gasteiger partial charge >= 0.3 is 8.25 Å². The molecule has 0 fully saturated rings. The zero-order chi connectivity index (χ0) is 20.7. The van der Waals surface area contributed by atoms with Crippen molar-refractivity contribution < 1.29 is 13.6 Å². The Hall–Kier alpha value is -0.830. The molecule has 4 nitrogen and oxygen atoms in total. The molecule has 0 atom stereocenters. The number of rotatable bonds is 17. The fourth-order valence-corrected chi connectivity index (χ4v) is 3.41. The SMILES string of the molecule is CCCCCCCCCCCCCNc1ccccc1.CCO[PH](=O)OCC. The van der Waals surface area contributed by atoms with Gasteiger partial charge in [0.05, 0.1) is 13.2 Å². The summed E-state index contributed by atoms with van der Waals surface area (Å²) in [5.41, 5.74) is 1.25. The molecule has 5 heteroatoms. The second-order valence-corrected chi connectivity index (χ2v) is 8.02. The molecule has 0 aliphatic rings. The van der Waals surface area contributed by atoms with Crippen molar-refractivity contribution in [3.8, 4) is 0 Å². The summed E-state index contributed by atoms with van der Waals surface area (Å²) in [6.45, 7) is 7.87. The van der Waals surface area contributed by atoms with Gasteiger partial charge < -0.3 is 14.4 Å². The van der Waals surface area contributed by atoms with Crippen molar-refractivity contribution >= 4 is 13.9 Å². The van der Waals surface area contributed by atoms with E-state index in [9.17, 15) is 4.57 Å². The monoisotopic (exact) mass is 413 g/mol. The third-order valence-electron chi connectivity index (χ3n) is 4.41. The van der Waals surface area contributed by atoms with Crippen LogP contribution in [0.5, 0.6) is 0 Å². The first kappa shape index (κ1) is 27.2. The minimum atomic E-state index is -2.14. The van der Waals surface area contributed by atoms with Crippen molar-refractivity contribution in [2.45, 2.75) is 91.4 Å². The van der Waals surface area contributed by atoms with Gasteiger partial charge in [-0.15, -0.1) is 0 Å². The van der Waals surface area contributed by atoms with Gasteiger partial charge in [-0.05, 0) is 32.4 Å². The largest absolute Gasteiger partial charge is 0.385 e. The summed E-state index contributed by atoms with van der Waals surface area (Å²) in [4.78, 5) is 0. The van der Waals surface area contributed by atoms with Crippen LogP contribution < -0.4 is 5.32 Å². The third kappa shape index (κ3) is 19.9. The highest BCUT2D eigenvalue weighted by Crippen LogP contribution is 2.21. The lowest BCUT2D eigenvalue weighted by molar-refractivity contribution is 0.243. The molecule has 1 aromatic rings. The minimum absolute atomic E-state index is 0.456. The Morgan fingerprint density at radius 3 is 1.64 bits per heavy atom. The second kappa shape index (κ2) is 22.5. The van der Waals surface area contributed by atoms with E-state index in [4.69, 9.17) is 0 Å². The first-order valence-corrected chi connectivity index (χ1v) is 12.6. The average Bonchev–Trinajstić information content (AvgIpc) is 2.70. The molecule has 0 amide bonds. The molecule has 0 aliphatic heterocycles. The normalized spacial score (nSPS) is 10.6. The summed E-state index contributed by atoms with van der Waals surface area (Å²) < 4.78 is 19.6. The quantitative estimate of drug-likeness (QED) is 0.208. The number of unbranched alkanes of at least 4 members (excludes halogenated alkanes) is 10. The van der Waals surface area contributed by atoms with Gasteiger partial charge in [-0.2, -0.15) is 0 Å². The van der Waals surface area contributed by atoms with Crippen LogP contribution >= 0.6 is 8.25 Å². The van der Waals surface area contributed by atoms with Crippen LogP contribution in [0.15, 0.2) is 30.3 Å². The van der Waals surface area contributed by atoms with Crippen molar-refractivity contribution in [2.75, 3.05) is 25.1 Å². The van der Waals surface area contributed by atoms with E-state index >= 15 is 0 Å². The molecule has 0 unspecified atom stereocenters. The Kier molecular flexibility index (Phi) is 21.8. The zero-order valence-corrected chi connectivity index (χ0v) is 19.5. The number of nitrogens with one attached hydrogen (secondary N) is 1.